The van der Waals surface area contributed by atoms with E-state index in [1.807, 2.05) is 37.3 Å². The monoisotopic (exact) mass is 589 g/mol. The van der Waals surface area contributed by atoms with E-state index in [1.54, 1.807) is 38.1 Å². The minimum Gasteiger partial charge on any atom is -0.352 e. The molecule has 1 unspecified atom stereocenters. The van der Waals surface area contributed by atoms with Gasteiger partial charge in [-0.05, 0) is 55.7 Å². The fourth-order valence-corrected chi connectivity index (χ4v) is 5.20. The fourth-order valence-electron chi connectivity index (χ4n) is 4.36. The zero-order valence-corrected chi connectivity index (χ0v) is 24.2. The number of nitrogens with one attached hydrogen (secondary N) is 1. The van der Waals surface area contributed by atoms with Crippen molar-refractivity contribution in [2.24, 2.45) is 0 Å². The molecule has 3 aromatic carbocycles. The van der Waals surface area contributed by atoms with Gasteiger partial charge in [0.15, 0.2) is 0 Å². The fraction of sp³-hybridized carbons (Fsp3) is 0.333. The van der Waals surface area contributed by atoms with Crippen LogP contribution in [-0.2, 0) is 38.8 Å². The minimum absolute atomic E-state index is 0.0191. The number of nitrogens with zero attached hydrogens (tertiary/aromatic N) is 2. The lowest BCUT2D eigenvalue weighted by atomic mass is 10.0. The number of alkyl halides is 3. The Hall–Kier alpha value is -3.86. The van der Waals surface area contributed by atoms with E-state index in [4.69, 9.17) is 0 Å². The molecule has 0 aliphatic rings. The molecule has 0 spiro atoms. The van der Waals surface area contributed by atoms with E-state index < -0.39 is 46.2 Å². The Morgan fingerprint density at radius 3 is 2.15 bits per heavy atom. The van der Waals surface area contributed by atoms with Gasteiger partial charge < -0.3 is 10.2 Å². The summed E-state index contributed by atoms with van der Waals surface area (Å²) in [5.74, 6) is -1.17. The molecule has 3 aromatic rings. The highest BCUT2D eigenvalue weighted by Crippen LogP contribution is 2.32. The second kappa shape index (κ2) is 13.2. The van der Waals surface area contributed by atoms with Crippen molar-refractivity contribution in [1.82, 2.24) is 10.2 Å². The molecular weight excluding hydrogens is 555 g/mol. The molecular formula is C30H34F3N3O4S. The molecule has 0 fully saturated rings. The third-order valence-electron chi connectivity index (χ3n) is 6.44. The minimum atomic E-state index is -4.71. The van der Waals surface area contributed by atoms with E-state index in [0.29, 0.717) is 10.4 Å². The van der Waals surface area contributed by atoms with Gasteiger partial charge in [-0.3, -0.25) is 13.9 Å². The zero-order chi connectivity index (χ0) is 30.4. The van der Waals surface area contributed by atoms with Crippen LogP contribution < -0.4 is 9.62 Å². The standard InChI is InChI=1S/C30H34F3N3O4S/c1-21(2)34-29(38)27(17-23-12-6-5-7-13-23)35(19-24-14-9-8-11-22(24)3)28(37)20-36(41(4,39)40)26-16-10-15-25(18-26)30(31,32)33/h5-16,18,21,27H,17,19-20H2,1-4H3,(H,34,38). The van der Waals surface area contributed by atoms with Crippen LogP contribution in [0.5, 0.6) is 0 Å². The Morgan fingerprint density at radius 2 is 1.56 bits per heavy atom. The van der Waals surface area contributed by atoms with Crippen LogP contribution in [0.1, 0.15) is 36.1 Å². The smallest absolute Gasteiger partial charge is 0.352 e. The lowest BCUT2D eigenvalue weighted by molar-refractivity contribution is -0.140. The van der Waals surface area contributed by atoms with Crippen molar-refractivity contribution in [2.45, 2.75) is 52.0 Å². The SMILES string of the molecule is Cc1ccccc1CN(C(=O)CN(c1cccc(C(F)(F)F)c1)S(C)(=O)=O)C(Cc1ccccc1)C(=O)NC(C)C. The lowest BCUT2D eigenvalue weighted by Gasteiger charge is -2.34. The lowest BCUT2D eigenvalue weighted by Crippen LogP contribution is -2.54. The first-order valence-corrected chi connectivity index (χ1v) is 14.8. The number of sulfonamides is 1. The summed E-state index contributed by atoms with van der Waals surface area (Å²) >= 11 is 0. The summed E-state index contributed by atoms with van der Waals surface area (Å²) in [7, 11) is -4.20. The maximum atomic E-state index is 14.0. The maximum absolute atomic E-state index is 14.0. The maximum Gasteiger partial charge on any atom is 0.416 e. The predicted molar refractivity (Wildman–Crippen MR) is 153 cm³/mol. The molecule has 11 heteroatoms. The number of hydrogen-bond acceptors (Lipinski definition) is 4. The first-order valence-electron chi connectivity index (χ1n) is 13.0. The van der Waals surface area contributed by atoms with Gasteiger partial charge in [0.05, 0.1) is 17.5 Å². The normalized spacial score (nSPS) is 12.6. The molecule has 1 N–H and O–H groups in total. The Labute approximate surface area is 239 Å². The number of aryl methyl sites for hydroxylation is 1. The molecule has 0 aliphatic heterocycles. The highest BCUT2D eigenvalue weighted by molar-refractivity contribution is 7.92. The van der Waals surface area contributed by atoms with E-state index in [9.17, 15) is 31.2 Å². The van der Waals surface area contributed by atoms with Crippen molar-refractivity contribution in [3.63, 3.8) is 0 Å². The van der Waals surface area contributed by atoms with E-state index >= 15 is 0 Å². The molecule has 7 nitrogen and oxygen atoms in total. The molecule has 2 amide bonds. The summed E-state index contributed by atoms with van der Waals surface area (Å²) in [5, 5.41) is 2.85. The number of anilines is 1. The summed E-state index contributed by atoms with van der Waals surface area (Å²) in [6.45, 7) is 4.60. The van der Waals surface area contributed by atoms with Crippen LogP contribution in [0.15, 0.2) is 78.9 Å². The molecule has 41 heavy (non-hydrogen) atoms. The van der Waals surface area contributed by atoms with Gasteiger partial charge in [-0.2, -0.15) is 13.2 Å². The summed E-state index contributed by atoms with van der Waals surface area (Å²) in [6, 6.07) is 18.9. The Kier molecular flexibility index (Phi) is 10.2. The highest BCUT2D eigenvalue weighted by atomic mass is 32.2. The van der Waals surface area contributed by atoms with Crippen molar-refractivity contribution >= 4 is 27.5 Å². The van der Waals surface area contributed by atoms with E-state index in [-0.39, 0.29) is 24.7 Å². The predicted octanol–water partition coefficient (Wildman–Crippen LogP) is 4.94. The summed E-state index contributed by atoms with van der Waals surface area (Å²) in [4.78, 5) is 28.8. The third-order valence-corrected chi connectivity index (χ3v) is 7.59. The second-order valence-corrected chi connectivity index (χ2v) is 12.0. The number of hydrogen-bond donors (Lipinski definition) is 1. The van der Waals surface area contributed by atoms with Gasteiger partial charge in [-0.1, -0.05) is 60.7 Å². The van der Waals surface area contributed by atoms with Crippen LogP contribution in [0.25, 0.3) is 0 Å². The van der Waals surface area contributed by atoms with Gasteiger partial charge in [0.1, 0.15) is 12.6 Å². The van der Waals surface area contributed by atoms with E-state index in [2.05, 4.69) is 5.32 Å². The Bertz CT molecular complexity index is 1460. The molecule has 0 bridgehead atoms. The topological polar surface area (TPSA) is 86.8 Å². The number of carbonyl (C=O) groups is 2. The van der Waals surface area contributed by atoms with Crippen molar-refractivity contribution in [3.05, 3.63) is 101 Å². The van der Waals surface area contributed by atoms with Crippen LogP contribution >= 0.6 is 0 Å². The molecule has 0 saturated heterocycles. The van der Waals surface area contributed by atoms with Crippen molar-refractivity contribution in [3.8, 4) is 0 Å². The summed E-state index contributed by atoms with van der Waals surface area (Å²) < 4.78 is 66.5. The quantitative estimate of drug-likeness (QED) is 0.343. The number of amides is 2. The van der Waals surface area contributed by atoms with Crippen molar-refractivity contribution in [2.75, 3.05) is 17.1 Å². The van der Waals surface area contributed by atoms with Crippen molar-refractivity contribution < 1.29 is 31.2 Å². The molecule has 3 rings (SSSR count). The van der Waals surface area contributed by atoms with E-state index in [0.717, 1.165) is 35.1 Å². The van der Waals surface area contributed by atoms with Gasteiger partial charge in [-0.15, -0.1) is 0 Å². The van der Waals surface area contributed by atoms with Gasteiger partial charge >= 0.3 is 6.18 Å². The Balaban J connectivity index is 2.09. The van der Waals surface area contributed by atoms with Gasteiger partial charge in [0.2, 0.25) is 21.8 Å². The van der Waals surface area contributed by atoms with Crippen LogP contribution in [0.2, 0.25) is 0 Å². The first-order chi connectivity index (χ1) is 19.2. The van der Waals surface area contributed by atoms with Crippen LogP contribution in [0.3, 0.4) is 0 Å². The van der Waals surface area contributed by atoms with E-state index in [1.165, 1.54) is 11.0 Å². The van der Waals surface area contributed by atoms with Crippen LogP contribution in [0.4, 0.5) is 18.9 Å². The molecule has 0 heterocycles. The second-order valence-electron chi connectivity index (χ2n) is 10.1. The Morgan fingerprint density at radius 1 is 0.927 bits per heavy atom. The summed E-state index contributed by atoms with van der Waals surface area (Å²) in [6.07, 6.45) is -3.76. The number of halogens is 3. The summed E-state index contributed by atoms with van der Waals surface area (Å²) in [5.41, 5.74) is 1.01. The average Bonchev–Trinajstić information content (AvgIpc) is 2.89. The molecule has 0 radical (unpaired) electrons. The highest BCUT2D eigenvalue weighted by Gasteiger charge is 2.35. The molecule has 0 aromatic heterocycles. The average molecular weight is 590 g/mol. The largest absolute Gasteiger partial charge is 0.416 e. The number of carbonyl (C=O) groups excluding carboxylic acids is 2. The van der Waals surface area contributed by atoms with Crippen LogP contribution in [-0.4, -0.2) is 50.0 Å². The van der Waals surface area contributed by atoms with Crippen molar-refractivity contribution in [1.29, 1.82) is 0 Å². The number of benzene rings is 3. The van der Waals surface area contributed by atoms with Crippen LogP contribution in [0, 0.1) is 6.92 Å². The van der Waals surface area contributed by atoms with Gasteiger partial charge in [-0.25, -0.2) is 8.42 Å². The molecule has 220 valence electrons. The third kappa shape index (κ3) is 8.81. The molecule has 0 aliphatic carbocycles. The molecule has 0 saturated carbocycles. The zero-order valence-electron chi connectivity index (χ0n) is 23.4. The number of rotatable bonds is 11. The van der Waals surface area contributed by atoms with Gasteiger partial charge in [0.25, 0.3) is 0 Å². The molecule has 1 atom stereocenters. The first kappa shape index (κ1) is 31.7. The van der Waals surface area contributed by atoms with Gasteiger partial charge in [0, 0.05) is 19.0 Å².